The summed E-state index contributed by atoms with van der Waals surface area (Å²) in [7, 11) is 0. The van der Waals surface area contributed by atoms with E-state index in [1.807, 2.05) is 11.6 Å². The van der Waals surface area contributed by atoms with Gasteiger partial charge in [-0.2, -0.15) is 5.10 Å². The number of nitrogens with one attached hydrogen (secondary N) is 2. The van der Waals surface area contributed by atoms with Crippen molar-refractivity contribution in [3.8, 4) is 0 Å². The smallest absolute Gasteiger partial charge is 0.242 e. The van der Waals surface area contributed by atoms with Crippen LogP contribution in [0.4, 0.5) is 0 Å². The van der Waals surface area contributed by atoms with Crippen LogP contribution in [0.15, 0.2) is 6.07 Å². The van der Waals surface area contributed by atoms with Gasteiger partial charge in [0.2, 0.25) is 11.8 Å². The second-order valence-corrected chi connectivity index (χ2v) is 7.28. The van der Waals surface area contributed by atoms with Crippen molar-refractivity contribution in [3.63, 3.8) is 0 Å². The zero-order chi connectivity index (χ0) is 17.8. The average Bonchev–Trinajstić information content (AvgIpc) is 3.05. The monoisotopic (exact) mass is 347 g/mol. The van der Waals surface area contributed by atoms with Gasteiger partial charge in [0.1, 0.15) is 6.04 Å². The van der Waals surface area contributed by atoms with Crippen LogP contribution in [-0.4, -0.2) is 58.2 Å². The maximum atomic E-state index is 12.4. The van der Waals surface area contributed by atoms with Crippen LogP contribution in [0.5, 0.6) is 0 Å². The summed E-state index contributed by atoms with van der Waals surface area (Å²) in [5, 5.41) is 10.3. The normalized spacial score (nSPS) is 24.8. The van der Waals surface area contributed by atoms with Gasteiger partial charge >= 0.3 is 0 Å². The van der Waals surface area contributed by atoms with Crippen molar-refractivity contribution in [3.05, 3.63) is 17.5 Å². The Kier molecular flexibility index (Phi) is 5.73. The van der Waals surface area contributed by atoms with E-state index in [9.17, 15) is 9.59 Å². The molecule has 3 heterocycles. The fraction of sp³-hybridized carbons (Fsp3) is 0.722. The number of carbonyl (C=O) groups excluding carboxylic acids is 2. The largest absolute Gasteiger partial charge is 0.354 e. The average molecular weight is 347 g/mol. The minimum atomic E-state index is -0.382. The minimum Gasteiger partial charge on any atom is -0.354 e. The van der Waals surface area contributed by atoms with Crippen LogP contribution in [0.1, 0.15) is 43.5 Å². The van der Waals surface area contributed by atoms with Gasteiger partial charge in [0.15, 0.2) is 0 Å². The molecule has 2 aliphatic rings. The SMILES string of the molecule is Cc1cc(C)n(C[C@H]2CCCN2CC(=O)N[C@H]2CCCCNC2=O)n1. The second-order valence-electron chi connectivity index (χ2n) is 7.28. The van der Waals surface area contributed by atoms with E-state index in [0.29, 0.717) is 19.1 Å². The number of likely N-dealkylation sites (tertiary alicyclic amines) is 1. The molecule has 1 aromatic rings. The second kappa shape index (κ2) is 7.99. The molecule has 138 valence electrons. The molecule has 0 aromatic carbocycles. The number of hydrogen-bond acceptors (Lipinski definition) is 4. The highest BCUT2D eigenvalue weighted by atomic mass is 16.2. The van der Waals surface area contributed by atoms with Gasteiger partial charge in [-0.15, -0.1) is 0 Å². The number of nitrogens with zero attached hydrogens (tertiary/aromatic N) is 3. The summed E-state index contributed by atoms with van der Waals surface area (Å²) >= 11 is 0. The highest BCUT2D eigenvalue weighted by Gasteiger charge is 2.29. The van der Waals surface area contributed by atoms with E-state index < -0.39 is 0 Å². The number of hydrogen-bond donors (Lipinski definition) is 2. The quantitative estimate of drug-likeness (QED) is 0.824. The summed E-state index contributed by atoms with van der Waals surface area (Å²) in [6.45, 7) is 6.87. The third-order valence-electron chi connectivity index (χ3n) is 5.20. The van der Waals surface area contributed by atoms with Gasteiger partial charge in [0, 0.05) is 18.3 Å². The lowest BCUT2D eigenvalue weighted by Gasteiger charge is -2.25. The van der Waals surface area contributed by atoms with Gasteiger partial charge in [0.25, 0.3) is 0 Å². The first-order valence-corrected chi connectivity index (χ1v) is 9.35. The molecule has 0 radical (unpaired) electrons. The van der Waals surface area contributed by atoms with Crippen LogP contribution in [0.2, 0.25) is 0 Å². The van der Waals surface area contributed by atoms with E-state index in [2.05, 4.69) is 33.6 Å². The van der Waals surface area contributed by atoms with Gasteiger partial charge in [-0.05, 0) is 58.6 Å². The molecule has 3 rings (SSSR count). The van der Waals surface area contributed by atoms with E-state index >= 15 is 0 Å². The minimum absolute atomic E-state index is 0.0496. The molecule has 2 saturated heterocycles. The lowest BCUT2D eigenvalue weighted by molar-refractivity contribution is -0.129. The zero-order valence-electron chi connectivity index (χ0n) is 15.3. The van der Waals surface area contributed by atoms with Crippen molar-refractivity contribution < 1.29 is 9.59 Å². The molecular weight excluding hydrogens is 318 g/mol. The Morgan fingerprint density at radius 1 is 1.32 bits per heavy atom. The van der Waals surface area contributed by atoms with Crippen LogP contribution >= 0.6 is 0 Å². The molecule has 2 amide bonds. The Bertz CT molecular complexity index is 627. The number of aryl methyl sites for hydroxylation is 2. The summed E-state index contributed by atoms with van der Waals surface area (Å²) < 4.78 is 2.04. The fourth-order valence-electron chi connectivity index (χ4n) is 3.87. The highest BCUT2D eigenvalue weighted by Crippen LogP contribution is 2.19. The maximum Gasteiger partial charge on any atom is 0.242 e. The Morgan fingerprint density at radius 3 is 2.92 bits per heavy atom. The van der Waals surface area contributed by atoms with Gasteiger partial charge in [0.05, 0.1) is 18.8 Å². The van der Waals surface area contributed by atoms with Crippen molar-refractivity contribution >= 4 is 11.8 Å². The predicted octanol–water partition coefficient (Wildman–Crippen LogP) is 0.749. The number of rotatable bonds is 5. The molecule has 7 nitrogen and oxygen atoms in total. The maximum absolute atomic E-state index is 12.4. The molecule has 0 saturated carbocycles. The molecule has 2 N–H and O–H groups in total. The number of carbonyl (C=O) groups is 2. The molecule has 0 spiro atoms. The van der Waals surface area contributed by atoms with Crippen LogP contribution < -0.4 is 10.6 Å². The van der Waals surface area contributed by atoms with Crippen LogP contribution in [-0.2, 0) is 16.1 Å². The van der Waals surface area contributed by atoms with Crippen LogP contribution in [0.3, 0.4) is 0 Å². The summed E-state index contributed by atoms with van der Waals surface area (Å²) in [4.78, 5) is 26.6. The van der Waals surface area contributed by atoms with Crippen molar-refractivity contribution in [2.75, 3.05) is 19.6 Å². The molecule has 1 aromatic heterocycles. The molecule has 7 heteroatoms. The van der Waals surface area contributed by atoms with E-state index in [4.69, 9.17) is 0 Å². The molecule has 0 unspecified atom stereocenters. The van der Waals surface area contributed by atoms with Gasteiger partial charge in [-0.3, -0.25) is 19.2 Å². The summed E-state index contributed by atoms with van der Waals surface area (Å²) in [5.74, 6) is -0.103. The fourth-order valence-corrected chi connectivity index (χ4v) is 3.87. The van der Waals surface area contributed by atoms with E-state index in [1.165, 1.54) is 0 Å². The first-order valence-electron chi connectivity index (χ1n) is 9.35. The molecular formula is C18H29N5O2. The third-order valence-corrected chi connectivity index (χ3v) is 5.20. The van der Waals surface area contributed by atoms with Gasteiger partial charge in [-0.1, -0.05) is 0 Å². The van der Waals surface area contributed by atoms with Crippen molar-refractivity contribution in [2.45, 2.75) is 64.6 Å². The Balaban J connectivity index is 1.54. The van der Waals surface area contributed by atoms with E-state index in [0.717, 1.165) is 56.6 Å². The lowest BCUT2D eigenvalue weighted by atomic mass is 10.1. The molecule has 25 heavy (non-hydrogen) atoms. The van der Waals surface area contributed by atoms with E-state index in [-0.39, 0.29) is 17.9 Å². The standard InChI is InChI=1S/C18H29N5O2/c1-13-10-14(2)23(21-13)11-15-6-5-9-22(15)12-17(24)20-16-7-3-4-8-19-18(16)25/h10,15-16H,3-9,11-12H2,1-2H3,(H,19,25)(H,20,24)/t15-,16+/m1/s1. The molecule has 2 fully saturated rings. The molecule has 2 aliphatic heterocycles. The Labute approximate surface area is 149 Å². The van der Waals surface area contributed by atoms with Crippen molar-refractivity contribution in [2.24, 2.45) is 0 Å². The zero-order valence-corrected chi connectivity index (χ0v) is 15.3. The Hall–Kier alpha value is -1.89. The number of aromatic nitrogens is 2. The summed E-state index contributed by atoms with van der Waals surface area (Å²) in [6.07, 6.45) is 4.85. The lowest BCUT2D eigenvalue weighted by Crippen LogP contribution is -2.49. The molecule has 0 bridgehead atoms. The molecule has 2 atom stereocenters. The first kappa shape index (κ1) is 17.9. The van der Waals surface area contributed by atoms with Crippen LogP contribution in [0, 0.1) is 13.8 Å². The van der Waals surface area contributed by atoms with Crippen molar-refractivity contribution in [1.29, 1.82) is 0 Å². The summed E-state index contributed by atoms with van der Waals surface area (Å²) in [5.41, 5.74) is 2.18. The van der Waals surface area contributed by atoms with Gasteiger partial charge < -0.3 is 10.6 Å². The topological polar surface area (TPSA) is 79.3 Å². The number of amides is 2. The predicted molar refractivity (Wildman–Crippen MR) is 95.1 cm³/mol. The molecule has 0 aliphatic carbocycles. The third kappa shape index (κ3) is 4.60. The Morgan fingerprint density at radius 2 is 2.16 bits per heavy atom. The van der Waals surface area contributed by atoms with E-state index in [1.54, 1.807) is 0 Å². The first-order chi connectivity index (χ1) is 12.0. The summed E-state index contributed by atoms with van der Waals surface area (Å²) in [6, 6.07) is 2.02. The van der Waals surface area contributed by atoms with Gasteiger partial charge in [-0.25, -0.2) is 0 Å². The van der Waals surface area contributed by atoms with Crippen LogP contribution in [0.25, 0.3) is 0 Å². The highest BCUT2D eigenvalue weighted by molar-refractivity contribution is 5.88. The van der Waals surface area contributed by atoms with Crippen molar-refractivity contribution in [1.82, 2.24) is 25.3 Å².